The number of hydrogen-bond acceptors (Lipinski definition) is 3. The Morgan fingerprint density at radius 2 is 1.85 bits per heavy atom. The van der Waals surface area contributed by atoms with Crippen LogP contribution in [0.4, 0.5) is 0 Å². The second-order valence-corrected chi connectivity index (χ2v) is 6.75. The van der Waals surface area contributed by atoms with Gasteiger partial charge in [-0.2, -0.15) is 0 Å². The number of hydrogen-bond donors (Lipinski definition) is 1. The van der Waals surface area contributed by atoms with E-state index < -0.39 is 0 Å². The first-order valence-electron chi connectivity index (χ1n) is 7.27. The van der Waals surface area contributed by atoms with Gasteiger partial charge in [0.25, 0.3) is 0 Å². The fraction of sp³-hybridized carbons (Fsp3) is 0.625. The molecule has 0 heterocycles. The molecule has 0 bridgehead atoms. The Bertz CT molecular complexity index is 495. The van der Waals surface area contributed by atoms with Crippen LogP contribution in [0.25, 0.3) is 0 Å². The van der Waals surface area contributed by atoms with Gasteiger partial charge in [0, 0.05) is 11.6 Å². The molecule has 0 saturated heterocycles. The molecule has 0 spiro atoms. The fourth-order valence-electron chi connectivity index (χ4n) is 3.84. The molecule has 2 saturated carbocycles. The number of ether oxygens (including phenoxy) is 2. The maximum Gasteiger partial charge on any atom is 0.141 e. The predicted octanol–water partition coefficient (Wildman–Crippen LogP) is 3.77. The number of fused-ring (bicyclic) bond motifs is 1. The predicted molar refractivity (Wildman–Crippen MR) is 83.4 cm³/mol. The summed E-state index contributed by atoms with van der Waals surface area (Å²) in [6.07, 6.45) is 4.16. The Morgan fingerprint density at radius 1 is 1.15 bits per heavy atom. The summed E-state index contributed by atoms with van der Waals surface area (Å²) < 4.78 is 11.9. The fourth-order valence-corrected chi connectivity index (χ4v) is 4.53. The van der Waals surface area contributed by atoms with Gasteiger partial charge in [0.15, 0.2) is 0 Å². The van der Waals surface area contributed by atoms with Crippen LogP contribution in [0.3, 0.4) is 0 Å². The number of methoxy groups -OCH3 is 2. The van der Waals surface area contributed by atoms with E-state index in [1.807, 2.05) is 13.1 Å². The topological polar surface area (TPSA) is 30.5 Å². The molecule has 2 aliphatic carbocycles. The molecule has 1 aromatic rings. The molecular weight excluding hydrogens is 318 g/mol. The van der Waals surface area contributed by atoms with Crippen molar-refractivity contribution in [3.63, 3.8) is 0 Å². The quantitative estimate of drug-likeness (QED) is 0.885. The summed E-state index contributed by atoms with van der Waals surface area (Å²) in [5.41, 5.74) is 1.23. The van der Waals surface area contributed by atoms with Crippen molar-refractivity contribution in [3.8, 4) is 11.5 Å². The zero-order valence-corrected chi connectivity index (χ0v) is 13.9. The molecule has 0 radical (unpaired) electrons. The minimum absolute atomic E-state index is 0.361. The van der Waals surface area contributed by atoms with Gasteiger partial charge in [-0.1, -0.05) is 0 Å². The molecule has 0 aliphatic heterocycles. The van der Waals surface area contributed by atoms with Gasteiger partial charge in [-0.15, -0.1) is 0 Å². The van der Waals surface area contributed by atoms with Crippen LogP contribution < -0.4 is 14.8 Å². The van der Waals surface area contributed by atoms with Crippen LogP contribution in [0.2, 0.25) is 0 Å². The molecule has 0 aromatic heterocycles. The summed E-state index contributed by atoms with van der Waals surface area (Å²) in [5, 5.41) is 3.50. The summed E-state index contributed by atoms with van der Waals surface area (Å²) in [6.45, 7) is 0. The first-order valence-corrected chi connectivity index (χ1v) is 8.06. The molecule has 110 valence electrons. The van der Waals surface area contributed by atoms with Gasteiger partial charge < -0.3 is 14.8 Å². The average Bonchev–Trinajstić information content (AvgIpc) is 3.07. The number of nitrogens with one attached hydrogen (secondary N) is 1. The number of halogens is 1. The zero-order chi connectivity index (χ0) is 14.3. The summed E-state index contributed by atoms with van der Waals surface area (Å²) in [6, 6.07) is 4.51. The lowest BCUT2D eigenvalue weighted by molar-refractivity contribution is 0.336. The summed E-state index contributed by atoms with van der Waals surface area (Å²) in [7, 11) is 5.45. The van der Waals surface area contributed by atoms with Crippen LogP contribution in [0.15, 0.2) is 16.6 Å². The van der Waals surface area contributed by atoms with Gasteiger partial charge in [0.05, 0.1) is 14.2 Å². The van der Waals surface area contributed by atoms with E-state index in [2.05, 4.69) is 27.3 Å². The monoisotopic (exact) mass is 339 g/mol. The molecule has 3 atom stereocenters. The Morgan fingerprint density at radius 3 is 2.40 bits per heavy atom. The molecule has 1 N–H and O–H groups in total. The molecule has 2 aliphatic rings. The second-order valence-electron chi connectivity index (χ2n) is 5.96. The van der Waals surface area contributed by atoms with Crippen LogP contribution in [-0.4, -0.2) is 21.3 Å². The van der Waals surface area contributed by atoms with Gasteiger partial charge in [-0.3, -0.25) is 0 Å². The SMILES string of the molecule is CNC(c1ccc(OC)c(Br)c1OC)C1CC2CC2C1. The van der Waals surface area contributed by atoms with Crippen molar-refractivity contribution in [1.82, 2.24) is 5.32 Å². The highest BCUT2D eigenvalue weighted by atomic mass is 79.9. The van der Waals surface area contributed by atoms with Gasteiger partial charge in [0.2, 0.25) is 0 Å². The Hall–Kier alpha value is -0.740. The van der Waals surface area contributed by atoms with Crippen molar-refractivity contribution < 1.29 is 9.47 Å². The smallest absolute Gasteiger partial charge is 0.141 e. The van der Waals surface area contributed by atoms with E-state index in [1.165, 1.54) is 24.8 Å². The normalized spacial score (nSPS) is 28.9. The molecular formula is C16H22BrNO2. The van der Waals surface area contributed by atoms with E-state index in [0.29, 0.717) is 6.04 Å². The highest BCUT2D eigenvalue weighted by Gasteiger charge is 2.48. The maximum absolute atomic E-state index is 5.63. The Balaban J connectivity index is 1.92. The average molecular weight is 340 g/mol. The van der Waals surface area contributed by atoms with Crippen LogP contribution in [0, 0.1) is 17.8 Å². The summed E-state index contributed by atoms with van der Waals surface area (Å²) in [5.74, 6) is 4.41. The Kier molecular flexibility index (Phi) is 3.95. The lowest BCUT2D eigenvalue weighted by Crippen LogP contribution is -2.25. The minimum Gasteiger partial charge on any atom is -0.495 e. The van der Waals surface area contributed by atoms with E-state index in [-0.39, 0.29) is 0 Å². The summed E-state index contributed by atoms with van der Waals surface area (Å²) in [4.78, 5) is 0. The largest absolute Gasteiger partial charge is 0.495 e. The van der Waals surface area contributed by atoms with Crippen LogP contribution in [-0.2, 0) is 0 Å². The van der Waals surface area contributed by atoms with Gasteiger partial charge in [0.1, 0.15) is 16.0 Å². The standard InChI is InChI=1S/C16H22BrNO2/c1-18-15(11-7-9-6-10(9)8-11)12-4-5-13(19-2)14(17)16(12)20-3/h4-5,9-11,15,18H,6-8H2,1-3H3. The first-order chi connectivity index (χ1) is 9.69. The van der Waals surface area contributed by atoms with Crippen LogP contribution in [0.5, 0.6) is 11.5 Å². The van der Waals surface area contributed by atoms with E-state index >= 15 is 0 Å². The molecule has 3 rings (SSSR count). The second kappa shape index (κ2) is 5.57. The molecule has 4 heteroatoms. The molecule has 3 unspecified atom stereocenters. The third-order valence-electron chi connectivity index (χ3n) is 4.91. The molecule has 3 nitrogen and oxygen atoms in total. The van der Waals surface area contributed by atoms with Crippen molar-refractivity contribution >= 4 is 15.9 Å². The van der Waals surface area contributed by atoms with Crippen molar-refractivity contribution in [3.05, 3.63) is 22.2 Å². The first kappa shape index (κ1) is 14.2. The highest BCUT2D eigenvalue weighted by Crippen LogP contribution is 2.58. The van der Waals surface area contributed by atoms with E-state index in [0.717, 1.165) is 33.7 Å². The van der Waals surface area contributed by atoms with Gasteiger partial charge >= 0.3 is 0 Å². The molecule has 1 aromatic carbocycles. The van der Waals surface area contributed by atoms with Crippen molar-refractivity contribution in [1.29, 1.82) is 0 Å². The summed E-state index contributed by atoms with van der Waals surface area (Å²) >= 11 is 3.60. The lowest BCUT2D eigenvalue weighted by Gasteiger charge is -2.27. The van der Waals surface area contributed by atoms with Crippen molar-refractivity contribution in [2.45, 2.75) is 25.3 Å². The van der Waals surface area contributed by atoms with Crippen LogP contribution >= 0.6 is 15.9 Å². The number of rotatable bonds is 5. The van der Waals surface area contributed by atoms with Crippen LogP contribution in [0.1, 0.15) is 30.9 Å². The minimum atomic E-state index is 0.361. The molecule has 20 heavy (non-hydrogen) atoms. The van der Waals surface area contributed by atoms with E-state index in [4.69, 9.17) is 9.47 Å². The van der Waals surface area contributed by atoms with Crippen molar-refractivity contribution in [2.24, 2.45) is 17.8 Å². The highest BCUT2D eigenvalue weighted by molar-refractivity contribution is 9.10. The Labute approximate surface area is 129 Å². The molecule has 2 fully saturated rings. The zero-order valence-electron chi connectivity index (χ0n) is 12.3. The molecule has 0 amide bonds. The maximum atomic E-state index is 5.63. The third-order valence-corrected chi connectivity index (χ3v) is 5.66. The number of benzene rings is 1. The van der Waals surface area contributed by atoms with Crippen molar-refractivity contribution in [2.75, 3.05) is 21.3 Å². The lowest BCUT2D eigenvalue weighted by atomic mass is 9.88. The van der Waals surface area contributed by atoms with Gasteiger partial charge in [-0.05, 0) is 72.1 Å². The third kappa shape index (κ3) is 2.33. The van der Waals surface area contributed by atoms with E-state index in [1.54, 1.807) is 14.2 Å². The van der Waals surface area contributed by atoms with Gasteiger partial charge in [-0.25, -0.2) is 0 Å². The van der Waals surface area contributed by atoms with E-state index in [9.17, 15) is 0 Å².